The average Bonchev–Trinajstić information content (AvgIpc) is 3.36. The smallest absolute Gasteiger partial charge is 0.269 e. The van der Waals surface area contributed by atoms with Gasteiger partial charge in [0.2, 0.25) is 11.8 Å². The molecule has 0 saturated heterocycles. The lowest BCUT2D eigenvalue weighted by molar-refractivity contribution is -0.384. The number of fused-ring (bicyclic) bond motifs is 1. The Morgan fingerprint density at radius 2 is 1.97 bits per heavy atom. The molecule has 9 nitrogen and oxygen atoms in total. The number of nitrogens with zero attached hydrogens (tertiary/aromatic N) is 5. The van der Waals surface area contributed by atoms with Gasteiger partial charge in [-0.25, -0.2) is 4.98 Å². The quantitative estimate of drug-likeness (QED) is 0.150. The highest BCUT2D eigenvalue weighted by Gasteiger charge is 2.18. The zero-order valence-corrected chi connectivity index (χ0v) is 19.5. The Hall–Kier alpha value is -3.05. The molecule has 4 rings (SSSR count). The molecule has 0 atom stereocenters. The van der Waals surface area contributed by atoms with Gasteiger partial charge in [-0.2, -0.15) is 0 Å². The van der Waals surface area contributed by atoms with E-state index in [9.17, 15) is 14.9 Å². The van der Waals surface area contributed by atoms with Crippen LogP contribution < -0.4 is 5.56 Å². The highest BCUT2D eigenvalue weighted by Crippen LogP contribution is 2.30. The summed E-state index contributed by atoms with van der Waals surface area (Å²) in [5.74, 6) is 1.03. The Balaban J connectivity index is 1.59. The summed E-state index contributed by atoms with van der Waals surface area (Å²) in [5.41, 5.74) is 1.58. The maximum absolute atomic E-state index is 13.2. The molecule has 0 radical (unpaired) electrons. The Morgan fingerprint density at radius 3 is 2.66 bits per heavy atom. The lowest BCUT2D eigenvalue weighted by atomic mass is 10.2. The third kappa shape index (κ3) is 4.30. The van der Waals surface area contributed by atoms with Gasteiger partial charge in [-0.3, -0.25) is 19.5 Å². The van der Waals surface area contributed by atoms with Gasteiger partial charge in [0.25, 0.3) is 11.2 Å². The van der Waals surface area contributed by atoms with Gasteiger partial charge in [0, 0.05) is 29.1 Å². The molecule has 11 heteroatoms. The van der Waals surface area contributed by atoms with Gasteiger partial charge in [-0.1, -0.05) is 25.1 Å². The minimum Gasteiger partial charge on any atom is -0.420 e. The molecule has 1 aromatic carbocycles. The van der Waals surface area contributed by atoms with Crippen molar-refractivity contribution in [3.05, 3.63) is 61.1 Å². The van der Waals surface area contributed by atoms with Gasteiger partial charge in [-0.15, -0.1) is 21.5 Å². The number of benzene rings is 1. The summed E-state index contributed by atoms with van der Waals surface area (Å²) in [6.07, 6.45) is 1.85. The molecule has 0 unspecified atom stereocenters. The predicted molar refractivity (Wildman–Crippen MR) is 124 cm³/mol. The molecule has 32 heavy (non-hydrogen) atoms. The zero-order chi connectivity index (χ0) is 22.8. The van der Waals surface area contributed by atoms with Crippen LogP contribution in [0.3, 0.4) is 0 Å². The first-order chi connectivity index (χ1) is 15.4. The van der Waals surface area contributed by atoms with E-state index in [4.69, 9.17) is 9.40 Å². The second-order valence-corrected chi connectivity index (χ2v) is 9.41. The number of nitro benzene ring substituents is 1. The molecule has 0 amide bonds. The summed E-state index contributed by atoms with van der Waals surface area (Å²) in [5, 5.41) is 20.3. The van der Waals surface area contributed by atoms with Gasteiger partial charge in [-0.05, 0) is 38.0 Å². The van der Waals surface area contributed by atoms with Crippen LogP contribution in [0.15, 0.2) is 38.6 Å². The van der Waals surface area contributed by atoms with Crippen LogP contribution in [0.2, 0.25) is 0 Å². The van der Waals surface area contributed by atoms with Crippen LogP contribution >= 0.6 is 23.1 Å². The summed E-state index contributed by atoms with van der Waals surface area (Å²) in [7, 11) is 0. The summed E-state index contributed by atoms with van der Waals surface area (Å²) < 4.78 is 7.47. The lowest BCUT2D eigenvalue weighted by Gasteiger charge is -2.11. The van der Waals surface area contributed by atoms with Crippen LogP contribution in [-0.4, -0.2) is 24.7 Å². The van der Waals surface area contributed by atoms with Crippen molar-refractivity contribution in [3.8, 4) is 11.5 Å². The van der Waals surface area contributed by atoms with Crippen LogP contribution in [0.1, 0.15) is 36.1 Å². The van der Waals surface area contributed by atoms with Crippen LogP contribution in [0.5, 0.6) is 0 Å². The largest absolute Gasteiger partial charge is 0.420 e. The fourth-order valence-electron chi connectivity index (χ4n) is 3.21. The Bertz CT molecular complexity index is 1340. The fourth-order valence-corrected chi connectivity index (χ4v) is 5.15. The number of hydrogen-bond acceptors (Lipinski definition) is 9. The highest BCUT2D eigenvalue weighted by atomic mass is 32.2. The molecule has 0 N–H and O–H groups in total. The van der Waals surface area contributed by atoms with E-state index >= 15 is 0 Å². The molecule has 0 aliphatic carbocycles. The molecule has 3 heterocycles. The molecule has 0 fully saturated rings. The van der Waals surface area contributed by atoms with Crippen molar-refractivity contribution in [1.82, 2.24) is 19.7 Å². The molecule has 3 aromatic heterocycles. The van der Waals surface area contributed by atoms with Gasteiger partial charge >= 0.3 is 0 Å². The number of thiophene rings is 1. The van der Waals surface area contributed by atoms with Crippen molar-refractivity contribution in [2.75, 3.05) is 0 Å². The zero-order valence-electron chi connectivity index (χ0n) is 17.8. The number of nitro groups is 1. The van der Waals surface area contributed by atoms with Crippen LogP contribution in [0.25, 0.3) is 21.7 Å². The molecule has 0 aliphatic heterocycles. The van der Waals surface area contributed by atoms with E-state index in [1.54, 1.807) is 16.7 Å². The number of thioether (sulfide) groups is 1. The van der Waals surface area contributed by atoms with E-state index in [0.29, 0.717) is 34.3 Å². The number of aromatic nitrogens is 4. The minimum absolute atomic E-state index is 0.00499. The SMILES string of the molecule is CCCCn1c(SCc2nnc(-c3ccc([N+](=O)[O-])cc3)o2)nc2sc(C)c(C)c2c1=O. The van der Waals surface area contributed by atoms with E-state index in [0.717, 1.165) is 28.1 Å². The summed E-state index contributed by atoms with van der Waals surface area (Å²) in [6, 6.07) is 5.93. The maximum atomic E-state index is 13.2. The van der Waals surface area contributed by atoms with Crippen LogP contribution in [-0.2, 0) is 12.3 Å². The summed E-state index contributed by atoms with van der Waals surface area (Å²) in [6.45, 7) is 6.66. The van der Waals surface area contributed by atoms with Crippen LogP contribution in [0, 0.1) is 24.0 Å². The maximum Gasteiger partial charge on any atom is 0.269 e. The van der Waals surface area contributed by atoms with Gasteiger partial charge in [0.05, 0.1) is 16.1 Å². The van der Waals surface area contributed by atoms with E-state index in [1.807, 2.05) is 13.8 Å². The highest BCUT2D eigenvalue weighted by molar-refractivity contribution is 7.98. The molecular weight excluding hydrogens is 450 g/mol. The van der Waals surface area contributed by atoms with Crippen molar-refractivity contribution in [3.63, 3.8) is 0 Å². The van der Waals surface area contributed by atoms with Crippen molar-refractivity contribution < 1.29 is 9.34 Å². The standard InChI is InChI=1S/C21H21N5O4S2/c1-4-5-10-25-20(27)17-12(2)13(3)32-19(17)22-21(25)31-11-16-23-24-18(30-16)14-6-8-15(9-7-14)26(28)29/h6-9H,4-5,10-11H2,1-3H3. The predicted octanol–water partition coefficient (Wildman–Crippen LogP) is 5.13. The van der Waals surface area contributed by atoms with E-state index in [2.05, 4.69) is 17.1 Å². The van der Waals surface area contributed by atoms with Gasteiger partial charge < -0.3 is 4.42 Å². The number of hydrogen-bond donors (Lipinski definition) is 0. The topological polar surface area (TPSA) is 117 Å². The third-order valence-electron chi connectivity index (χ3n) is 5.11. The van der Waals surface area contributed by atoms with E-state index in [1.165, 1.54) is 35.2 Å². The first kappa shape index (κ1) is 22.2. The van der Waals surface area contributed by atoms with Gasteiger partial charge in [0.1, 0.15) is 4.83 Å². The minimum atomic E-state index is -0.460. The second-order valence-electron chi connectivity index (χ2n) is 7.26. The molecule has 166 valence electrons. The van der Waals surface area contributed by atoms with Gasteiger partial charge in [0.15, 0.2) is 5.16 Å². The monoisotopic (exact) mass is 471 g/mol. The molecule has 0 aliphatic rings. The first-order valence-electron chi connectivity index (χ1n) is 10.1. The second kappa shape index (κ2) is 9.21. The normalized spacial score (nSPS) is 11.3. The molecule has 0 spiro atoms. The van der Waals surface area contributed by atoms with Crippen molar-refractivity contribution >= 4 is 39.0 Å². The number of unbranched alkanes of at least 4 members (excludes halogenated alkanes) is 1. The first-order valence-corrected chi connectivity index (χ1v) is 11.9. The van der Waals surface area contributed by atoms with Crippen molar-refractivity contribution in [2.24, 2.45) is 0 Å². The van der Waals surface area contributed by atoms with E-state index in [-0.39, 0.29) is 17.1 Å². The number of non-ortho nitro benzene ring substituents is 1. The molecular formula is C21H21N5O4S2. The number of rotatable bonds is 8. The summed E-state index contributed by atoms with van der Waals surface area (Å²) in [4.78, 5) is 30.1. The van der Waals surface area contributed by atoms with Crippen molar-refractivity contribution in [1.29, 1.82) is 0 Å². The van der Waals surface area contributed by atoms with E-state index < -0.39 is 4.92 Å². The Morgan fingerprint density at radius 1 is 1.22 bits per heavy atom. The molecule has 0 bridgehead atoms. The van der Waals surface area contributed by atoms with Crippen molar-refractivity contribution in [2.45, 2.75) is 51.1 Å². The van der Waals surface area contributed by atoms with Crippen LogP contribution in [0.4, 0.5) is 5.69 Å². The lowest BCUT2D eigenvalue weighted by Crippen LogP contribution is -2.23. The Kier molecular flexibility index (Phi) is 6.38. The molecule has 4 aromatic rings. The summed E-state index contributed by atoms with van der Waals surface area (Å²) >= 11 is 2.91. The molecule has 0 saturated carbocycles. The third-order valence-corrected chi connectivity index (χ3v) is 7.17. The number of aryl methyl sites for hydroxylation is 2. The fraction of sp³-hybridized carbons (Fsp3) is 0.333. The average molecular weight is 472 g/mol. The Labute approximate surface area is 191 Å².